The first-order chi connectivity index (χ1) is 5.67. The third kappa shape index (κ3) is 2.44. The van der Waals surface area contributed by atoms with E-state index in [0.29, 0.717) is 0 Å². The summed E-state index contributed by atoms with van der Waals surface area (Å²) in [5, 5.41) is 3.35. The van der Waals surface area contributed by atoms with Gasteiger partial charge in [0, 0.05) is 38.8 Å². The summed E-state index contributed by atoms with van der Waals surface area (Å²) in [5.74, 6) is 0. The lowest BCUT2D eigenvalue weighted by atomic mass is 10.0. The molecule has 0 unspecified atom stereocenters. The number of hydrogen-bond donors (Lipinski definition) is 1. The van der Waals surface area contributed by atoms with Crippen LogP contribution in [0, 0.1) is 0 Å². The molecule has 1 N–H and O–H groups in total. The third-order valence-electron chi connectivity index (χ3n) is 2.47. The average Bonchev–Trinajstić information content (AvgIpc) is 2.06. The van der Waals surface area contributed by atoms with Crippen LogP contribution >= 0.6 is 0 Å². The number of ether oxygens (including phenoxy) is 1. The van der Waals surface area contributed by atoms with Crippen molar-refractivity contribution in [3.63, 3.8) is 0 Å². The minimum absolute atomic E-state index is 0.191. The van der Waals surface area contributed by atoms with Crippen LogP contribution in [0.25, 0.3) is 0 Å². The van der Waals surface area contributed by atoms with Crippen LogP contribution in [0.2, 0.25) is 0 Å². The number of hydrogen-bond acceptors (Lipinski definition) is 3. The van der Waals surface area contributed by atoms with Crippen molar-refractivity contribution < 1.29 is 4.74 Å². The molecule has 0 amide bonds. The fourth-order valence-corrected chi connectivity index (χ4v) is 1.71. The summed E-state index contributed by atoms with van der Waals surface area (Å²) < 4.78 is 5.20. The summed E-state index contributed by atoms with van der Waals surface area (Å²) in [6.45, 7) is 9.77. The highest BCUT2D eigenvalue weighted by Gasteiger charge is 2.27. The van der Waals surface area contributed by atoms with Crippen molar-refractivity contribution in [1.82, 2.24) is 10.2 Å². The Morgan fingerprint density at radius 3 is 2.42 bits per heavy atom. The maximum Gasteiger partial charge on any atom is 0.0641 e. The van der Waals surface area contributed by atoms with Gasteiger partial charge in [0.1, 0.15) is 0 Å². The van der Waals surface area contributed by atoms with E-state index in [2.05, 4.69) is 24.1 Å². The van der Waals surface area contributed by atoms with Crippen molar-refractivity contribution in [2.24, 2.45) is 0 Å². The van der Waals surface area contributed by atoms with Crippen molar-refractivity contribution in [2.75, 3.05) is 39.9 Å². The van der Waals surface area contributed by atoms with Gasteiger partial charge in [-0.25, -0.2) is 0 Å². The summed E-state index contributed by atoms with van der Waals surface area (Å²) >= 11 is 0. The molecule has 1 aliphatic rings. The molecule has 3 heteroatoms. The average molecular weight is 172 g/mol. The Kier molecular flexibility index (Phi) is 3.50. The van der Waals surface area contributed by atoms with Gasteiger partial charge in [0.15, 0.2) is 0 Å². The van der Waals surface area contributed by atoms with E-state index in [0.717, 1.165) is 32.8 Å². The van der Waals surface area contributed by atoms with Crippen molar-refractivity contribution in [3.05, 3.63) is 0 Å². The Morgan fingerprint density at radius 1 is 1.33 bits per heavy atom. The van der Waals surface area contributed by atoms with E-state index < -0.39 is 0 Å². The minimum atomic E-state index is 0.191. The van der Waals surface area contributed by atoms with Gasteiger partial charge < -0.3 is 10.1 Å². The van der Waals surface area contributed by atoms with Gasteiger partial charge in [0.05, 0.1) is 6.61 Å². The van der Waals surface area contributed by atoms with E-state index in [9.17, 15) is 0 Å². The maximum absolute atomic E-state index is 5.20. The standard InChI is InChI=1S/C9H20N2O/c1-9(2,8-12-3)11-6-4-10-5-7-11/h10H,4-8H2,1-3H3. The van der Waals surface area contributed by atoms with E-state index in [4.69, 9.17) is 4.74 Å². The number of piperazine rings is 1. The predicted molar refractivity (Wildman–Crippen MR) is 50.4 cm³/mol. The Labute approximate surface area is 75.1 Å². The summed E-state index contributed by atoms with van der Waals surface area (Å²) in [7, 11) is 1.77. The smallest absolute Gasteiger partial charge is 0.0641 e. The van der Waals surface area contributed by atoms with Crippen LogP contribution in [0.1, 0.15) is 13.8 Å². The molecule has 0 aromatic heterocycles. The lowest BCUT2D eigenvalue weighted by molar-refractivity contribution is 0.0264. The van der Waals surface area contributed by atoms with Gasteiger partial charge in [0.2, 0.25) is 0 Å². The zero-order valence-corrected chi connectivity index (χ0v) is 8.39. The Balaban J connectivity index is 2.41. The van der Waals surface area contributed by atoms with Crippen molar-refractivity contribution in [1.29, 1.82) is 0 Å². The first-order valence-corrected chi connectivity index (χ1v) is 4.61. The van der Waals surface area contributed by atoms with Crippen LogP contribution < -0.4 is 5.32 Å². The van der Waals surface area contributed by atoms with Crippen LogP contribution in [-0.4, -0.2) is 50.3 Å². The number of rotatable bonds is 3. The molecule has 0 aliphatic carbocycles. The van der Waals surface area contributed by atoms with Gasteiger partial charge in [-0.15, -0.1) is 0 Å². The highest BCUT2D eigenvalue weighted by Crippen LogP contribution is 2.14. The van der Waals surface area contributed by atoms with E-state index >= 15 is 0 Å². The van der Waals surface area contributed by atoms with Crippen LogP contribution in [-0.2, 0) is 4.74 Å². The molecule has 1 heterocycles. The van der Waals surface area contributed by atoms with Crippen LogP contribution in [0.4, 0.5) is 0 Å². The summed E-state index contributed by atoms with van der Waals surface area (Å²) in [5.41, 5.74) is 0.191. The fourth-order valence-electron chi connectivity index (χ4n) is 1.71. The molecule has 0 bridgehead atoms. The number of nitrogens with one attached hydrogen (secondary N) is 1. The first kappa shape index (κ1) is 9.96. The van der Waals surface area contributed by atoms with Gasteiger partial charge in [-0.3, -0.25) is 4.90 Å². The van der Waals surface area contributed by atoms with Gasteiger partial charge in [-0.1, -0.05) is 0 Å². The second kappa shape index (κ2) is 4.21. The molecule has 0 radical (unpaired) electrons. The SMILES string of the molecule is COCC(C)(C)N1CCNCC1. The van der Waals surface area contributed by atoms with E-state index in [1.165, 1.54) is 0 Å². The number of methoxy groups -OCH3 is 1. The second-order valence-corrected chi connectivity index (χ2v) is 3.98. The molecule has 0 aromatic carbocycles. The maximum atomic E-state index is 5.20. The topological polar surface area (TPSA) is 24.5 Å². The zero-order valence-electron chi connectivity index (χ0n) is 8.39. The third-order valence-corrected chi connectivity index (χ3v) is 2.47. The molecule has 0 aromatic rings. The minimum Gasteiger partial charge on any atom is -0.383 e. The molecular weight excluding hydrogens is 152 g/mol. The van der Waals surface area contributed by atoms with Gasteiger partial charge in [0.25, 0.3) is 0 Å². The van der Waals surface area contributed by atoms with Gasteiger partial charge >= 0.3 is 0 Å². The van der Waals surface area contributed by atoms with Crippen LogP contribution in [0.15, 0.2) is 0 Å². The Bertz CT molecular complexity index is 130. The molecule has 0 saturated carbocycles. The van der Waals surface area contributed by atoms with E-state index in [-0.39, 0.29) is 5.54 Å². The normalized spacial score (nSPS) is 21.2. The van der Waals surface area contributed by atoms with Crippen molar-refractivity contribution >= 4 is 0 Å². The largest absolute Gasteiger partial charge is 0.383 e. The van der Waals surface area contributed by atoms with E-state index in [1.807, 2.05) is 0 Å². The molecule has 1 rings (SSSR count). The summed E-state index contributed by atoms with van der Waals surface area (Å²) in [4.78, 5) is 2.48. The fraction of sp³-hybridized carbons (Fsp3) is 1.00. The number of nitrogens with zero attached hydrogens (tertiary/aromatic N) is 1. The molecule has 1 fully saturated rings. The second-order valence-electron chi connectivity index (χ2n) is 3.98. The zero-order chi connectivity index (χ0) is 9.03. The van der Waals surface area contributed by atoms with Crippen LogP contribution in [0.3, 0.4) is 0 Å². The van der Waals surface area contributed by atoms with E-state index in [1.54, 1.807) is 7.11 Å². The lowest BCUT2D eigenvalue weighted by Gasteiger charge is -2.40. The monoisotopic (exact) mass is 172 g/mol. The molecular formula is C9H20N2O. The quantitative estimate of drug-likeness (QED) is 0.663. The summed E-state index contributed by atoms with van der Waals surface area (Å²) in [6, 6.07) is 0. The molecule has 72 valence electrons. The molecule has 0 atom stereocenters. The highest BCUT2D eigenvalue weighted by molar-refractivity contribution is 4.84. The molecule has 1 saturated heterocycles. The van der Waals surface area contributed by atoms with Gasteiger partial charge in [-0.2, -0.15) is 0 Å². The molecule has 3 nitrogen and oxygen atoms in total. The first-order valence-electron chi connectivity index (χ1n) is 4.61. The molecule has 12 heavy (non-hydrogen) atoms. The van der Waals surface area contributed by atoms with Gasteiger partial charge in [-0.05, 0) is 13.8 Å². The van der Waals surface area contributed by atoms with Crippen molar-refractivity contribution in [2.45, 2.75) is 19.4 Å². The molecule has 1 aliphatic heterocycles. The highest BCUT2D eigenvalue weighted by atomic mass is 16.5. The molecule has 0 spiro atoms. The summed E-state index contributed by atoms with van der Waals surface area (Å²) in [6.07, 6.45) is 0. The lowest BCUT2D eigenvalue weighted by Crippen LogP contribution is -2.55. The predicted octanol–water partition coefficient (Wildman–Crippen LogP) is 0.317. The van der Waals surface area contributed by atoms with Crippen molar-refractivity contribution in [3.8, 4) is 0 Å². The Hall–Kier alpha value is -0.120. The Morgan fingerprint density at radius 2 is 1.92 bits per heavy atom. The van der Waals surface area contributed by atoms with Crippen LogP contribution in [0.5, 0.6) is 0 Å².